The van der Waals surface area contributed by atoms with Crippen LogP contribution in [0.15, 0.2) is 53.7 Å². The lowest BCUT2D eigenvalue weighted by Gasteiger charge is -2.30. The second-order valence-corrected chi connectivity index (χ2v) is 6.33. The van der Waals surface area contributed by atoms with Gasteiger partial charge >= 0.3 is 0 Å². The summed E-state index contributed by atoms with van der Waals surface area (Å²) in [5.41, 5.74) is 1.81. The molecule has 3 rings (SSSR count). The van der Waals surface area contributed by atoms with Crippen molar-refractivity contribution in [2.75, 3.05) is 12.4 Å². The van der Waals surface area contributed by atoms with Crippen LogP contribution in [0.3, 0.4) is 0 Å². The van der Waals surface area contributed by atoms with Crippen molar-refractivity contribution in [3.63, 3.8) is 0 Å². The minimum absolute atomic E-state index is 0.295. The Labute approximate surface area is 160 Å². The van der Waals surface area contributed by atoms with E-state index in [1.807, 2.05) is 0 Å². The molecule has 0 saturated heterocycles. The Morgan fingerprint density at radius 1 is 1.15 bits per heavy atom. The molecule has 8 heteroatoms. The van der Waals surface area contributed by atoms with Gasteiger partial charge in [-0.25, -0.2) is 8.78 Å². The molecule has 27 heavy (non-hydrogen) atoms. The van der Waals surface area contributed by atoms with Gasteiger partial charge in [0.05, 0.1) is 18.7 Å². The monoisotopic (exact) mass is 389 g/mol. The van der Waals surface area contributed by atoms with Crippen molar-refractivity contribution in [3.8, 4) is 5.75 Å². The summed E-state index contributed by atoms with van der Waals surface area (Å²) < 4.78 is 32.1. The summed E-state index contributed by atoms with van der Waals surface area (Å²) in [6, 6.07) is 9.61. The van der Waals surface area contributed by atoms with Gasteiger partial charge in [0.25, 0.3) is 5.91 Å². The number of benzene rings is 2. The number of hydrogen-bond acceptors (Lipinski definition) is 3. The maximum Gasteiger partial charge on any atom is 0.255 e. The van der Waals surface area contributed by atoms with Crippen molar-refractivity contribution in [2.24, 2.45) is 0 Å². The lowest BCUT2D eigenvalue weighted by Crippen LogP contribution is -2.45. The number of rotatable bonds is 4. The highest BCUT2D eigenvalue weighted by Gasteiger charge is 2.30. The van der Waals surface area contributed by atoms with Crippen LogP contribution < -0.4 is 20.7 Å². The summed E-state index contributed by atoms with van der Waals surface area (Å²) in [5, 5.41) is 8.91. The maximum atomic E-state index is 13.7. The SMILES string of the molecule is COc1ccc(NC(=O)C2=C(C)NC(=S)N[C@@H]2c2ccc(F)c(F)c2)cc1. The maximum absolute atomic E-state index is 13.7. The smallest absolute Gasteiger partial charge is 0.255 e. The third-order valence-corrected chi connectivity index (χ3v) is 4.36. The molecule has 0 saturated carbocycles. The van der Waals surface area contributed by atoms with Crippen LogP contribution in [0.4, 0.5) is 14.5 Å². The molecule has 1 aliphatic heterocycles. The summed E-state index contributed by atoms with van der Waals surface area (Å²) in [6.45, 7) is 1.70. The molecule has 0 unspecified atom stereocenters. The van der Waals surface area contributed by atoms with Crippen LogP contribution in [0.5, 0.6) is 5.75 Å². The Bertz CT molecular complexity index is 929. The first-order valence-corrected chi connectivity index (χ1v) is 8.48. The number of carbonyl (C=O) groups excluding carboxylic acids is 1. The van der Waals surface area contributed by atoms with Gasteiger partial charge < -0.3 is 20.7 Å². The fraction of sp³-hybridized carbons (Fsp3) is 0.158. The van der Waals surface area contributed by atoms with Gasteiger partial charge in [0.2, 0.25) is 0 Å². The van der Waals surface area contributed by atoms with Gasteiger partial charge in [-0.2, -0.15) is 0 Å². The van der Waals surface area contributed by atoms with E-state index < -0.39 is 23.6 Å². The molecule has 2 aromatic carbocycles. The van der Waals surface area contributed by atoms with E-state index in [0.29, 0.717) is 33.4 Å². The molecule has 2 aromatic rings. The standard InChI is InChI=1S/C19H17F2N3O2S/c1-10-16(18(25)23-12-4-6-13(26-2)7-5-12)17(24-19(27)22-10)11-3-8-14(20)15(21)9-11/h3-9,17H,1-2H3,(H,23,25)(H2,22,24,27)/t17-/m1/s1. The minimum atomic E-state index is -0.994. The fourth-order valence-electron chi connectivity index (χ4n) is 2.81. The Morgan fingerprint density at radius 3 is 2.48 bits per heavy atom. The molecule has 1 amide bonds. The predicted molar refractivity (Wildman–Crippen MR) is 102 cm³/mol. The number of ether oxygens (including phenoxy) is 1. The molecule has 0 aliphatic carbocycles. The normalized spacial score (nSPS) is 16.4. The Hall–Kier alpha value is -3.00. The predicted octanol–water partition coefficient (Wildman–Crippen LogP) is 3.40. The van der Waals surface area contributed by atoms with Gasteiger partial charge in [0.1, 0.15) is 5.75 Å². The van der Waals surface area contributed by atoms with Gasteiger partial charge in [-0.15, -0.1) is 0 Å². The van der Waals surface area contributed by atoms with E-state index in [9.17, 15) is 13.6 Å². The van der Waals surface area contributed by atoms with Crippen molar-refractivity contribution in [2.45, 2.75) is 13.0 Å². The zero-order valence-corrected chi connectivity index (χ0v) is 15.4. The van der Waals surface area contributed by atoms with Crippen LogP contribution in [-0.4, -0.2) is 18.1 Å². The van der Waals surface area contributed by atoms with Gasteiger partial charge in [-0.05, 0) is 61.1 Å². The second-order valence-electron chi connectivity index (χ2n) is 5.93. The summed E-state index contributed by atoms with van der Waals surface area (Å²) in [4.78, 5) is 12.9. The van der Waals surface area contributed by atoms with E-state index in [2.05, 4.69) is 16.0 Å². The number of amides is 1. The number of hydrogen-bond donors (Lipinski definition) is 3. The number of methoxy groups -OCH3 is 1. The van der Waals surface area contributed by atoms with Crippen molar-refractivity contribution < 1.29 is 18.3 Å². The number of carbonyl (C=O) groups is 1. The highest BCUT2D eigenvalue weighted by atomic mass is 32.1. The molecular weight excluding hydrogens is 372 g/mol. The molecular formula is C19H17F2N3O2S. The summed E-state index contributed by atoms with van der Waals surface area (Å²) in [5.74, 6) is -1.68. The Morgan fingerprint density at radius 2 is 1.85 bits per heavy atom. The van der Waals surface area contributed by atoms with E-state index in [4.69, 9.17) is 17.0 Å². The van der Waals surface area contributed by atoms with Crippen molar-refractivity contribution in [3.05, 3.63) is 70.9 Å². The third kappa shape index (κ3) is 4.06. The molecule has 140 valence electrons. The Balaban J connectivity index is 1.92. The molecule has 1 heterocycles. The number of halogens is 2. The molecule has 1 atom stereocenters. The average Bonchev–Trinajstić information content (AvgIpc) is 2.63. The number of thiocarbonyl (C=S) groups is 1. The van der Waals surface area contributed by atoms with Crippen LogP contribution in [0.1, 0.15) is 18.5 Å². The molecule has 0 bridgehead atoms. The second kappa shape index (κ2) is 7.71. The van der Waals surface area contributed by atoms with Crippen molar-refractivity contribution in [1.29, 1.82) is 0 Å². The van der Waals surface area contributed by atoms with Crippen molar-refractivity contribution in [1.82, 2.24) is 10.6 Å². The van der Waals surface area contributed by atoms with Crippen LogP contribution >= 0.6 is 12.2 Å². The highest BCUT2D eigenvalue weighted by molar-refractivity contribution is 7.80. The fourth-order valence-corrected chi connectivity index (χ4v) is 3.08. The van der Waals surface area contributed by atoms with E-state index in [1.54, 1.807) is 38.3 Å². The lowest BCUT2D eigenvalue weighted by atomic mass is 9.94. The number of allylic oxidation sites excluding steroid dienone is 1. The van der Waals surface area contributed by atoms with E-state index in [0.717, 1.165) is 12.1 Å². The van der Waals surface area contributed by atoms with Crippen LogP contribution in [0, 0.1) is 11.6 Å². The molecule has 3 N–H and O–H groups in total. The minimum Gasteiger partial charge on any atom is -0.497 e. The molecule has 0 radical (unpaired) electrons. The number of anilines is 1. The molecule has 0 spiro atoms. The summed E-state index contributed by atoms with van der Waals surface area (Å²) in [7, 11) is 1.55. The van der Waals surface area contributed by atoms with Gasteiger partial charge in [0.15, 0.2) is 16.7 Å². The largest absolute Gasteiger partial charge is 0.497 e. The van der Waals surface area contributed by atoms with Gasteiger partial charge in [0, 0.05) is 11.4 Å². The zero-order chi connectivity index (χ0) is 19.6. The molecule has 0 fully saturated rings. The van der Waals surface area contributed by atoms with Crippen LogP contribution in [-0.2, 0) is 4.79 Å². The first-order chi connectivity index (χ1) is 12.9. The van der Waals surface area contributed by atoms with E-state index >= 15 is 0 Å². The average molecular weight is 389 g/mol. The topological polar surface area (TPSA) is 62.4 Å². The van der Waals surface area contributed by atoms with Crippen LogP contribution in [0.2, 0.25) is 0 Å². The molecule has 5 nitrogen and oxygen atoms in total. The van der Waals surface area contributed by atoms with Crippen molar-refractivity contribution >= 4 is 28.9 Å². The zero-order valence-electron chi connectivity index (χ0n) is 14.6. The first-order valence-electron chi connectivity index (χ1n) is 8.07. The van der Waals surface area contributed by atoms with Crippen LogP contribution in [0.25, 0.3) is 0 Å². The quantitative estimate of drug-likeness (QED) is 0.700. The number of nitrogens with one attached hydrogen (secondary N) is 3. The van der Waals surface area contributed by atoms with Gasteiger partial charge in [-0.3, -0.25) is 4.79 Å². The Kier molecular flexibility index (Phi) is 5.36. The van der Waals surface area contributed by atoms with Gasteiger partial charge in [-0.1, -0.05) is 6.07 Å². The highest BCUT2D eigenvalue weighted by Crippen LogP contribution is 2.29. The van der Waals surface area contributed by atoms with E-state index in [1.165, 1.54) is 6.07 Å². The summed E-state index contributed by atoms with van der Waals surface area (Å²) in [6.07, 6.45) is 0. The molecule has 1 aliphatic rings. The summed E-state index contributed by atoms with van der Waals surface area (Å²) >= 11 is 5.15. The molecule has 0 aromatic heterocycles. The lowest BCUT2D eigenvalue weighted by molar-refractivity contribution is -0.113. The van der Waals surface area contributed by atoms with E-state index in [-0.39, 0.29) is 0 Å². The third-order valence-electron chi connectivity index (χ3n) is 4.14. The first kappa shape index (κ1) is 18.8.